The molecular formula is C43H33NO8. The number of ketones is 1. The number of carbonyl (C=O) groups is 5. The van der Waals surface area contributed by atoms with Crippen molar-refractivity contribution in [1.29, 1.82) is 0 Å². The molecule has 1 aliphatic heterocycles. The van der Waals surface area contributed by atoms with Gasteiger partial charge in [0.05, 0.1) is 24.5 Å². The minimum absolute atomic E-state index is 0.0351. The summed E-state index contributed by atoms with van der Waals surface area (Å²) in [5, 5.41) is 0. The quantitative estimate of drug-likeness (QED) is 0.0742. The number of benzene rings is 5. The highest BCUT2D eigenvalue weighted by Crippen LogP contribution is 2.61. The van der Waals surface area contributed by atoms with E-state index in [1.807, 2.05) is 78.9 Å². The molecule has 5 aromatic carbocycles. The Kier molecular flexibility index (Phi) is 8.47. The second-order valence-corrected chi connectivity index (χ2v) is 13.2. The van der Waals surface area contributed by atoms with Crippen LogP contribution in [-0.4, -0.2) is 54.2 Å². The number of rotatable bonds is 10. The summed E-state index contributed by atoms with van der Waals surface area (Å²) < 4.78 is 16.2. The molecule has 0 radical (unpaired) electrons. The lowest BCUT2D eigenvalue weighted by molar-refractivity contribution is -0.158. The molecular weight excluding hydrogens is 658 g/mol. The molecule has 3 unspecified atom stereocenters. The minimum atomic E-state index is -1.27. The van der Waals surface area contributed by atoms with Crippen LogP contribution in [0.25, 0.3) is 0 Å². The zero-order chi connectivity index (χ0) is 35.9. The van der Waals surface area contributed by atoms with Gasteiger partial charge in [-0.05, 0) is 70.3 Å². The van der Waals surface area contributed by atoms with Gasteiger partial charge < -0.3 is 14.2 Å². The van der Waals surface area contributed by atoms with Crippen molar-refractivity contribution in [1.82, 2.24) is 4.90 Å². The van der Waals surface area contributed by atoms with Gasteiger partial charge in [0.25, 0.3) is 0 Å². The molecule has 9 heteroatoms. The topological polar surface area (TPSA) is 116 Å². The number of likely N-dealkylation sites (tertiary alicyclic amines) is 1. The molecule has 3 atom stereocenters. The van der Waals surface area contributed by atoms with Gasteiger partial charge in [-0.25, -0.2) is 9.59 Å². The SMILES string of the molecule is COc1cccc(C(=O)Oc2ccc(C(=O)COC(=O)C(Cc3ccccc3)N3C(=O)C4C5c6ccccc6C(c6ccccc65)C4C3=O)cc2)c1. The summed E-state index contributed by atoms with van der Waals surface area (Å²) in [6.07, 6.45) is 0.0351. The third kappa shape index (κ3) is 5.64. The predicted octanol–water partition coefficient (Wildman–Crippen LogP) is 6.14. The summed E-state index contributed by atoms with van der Waals surface area (Å²) in [6.45, 7) is -0.613. The summed E-state index contributed by atoms with van der Waals surface area (Å²) >= 11 is 0. The van der Waals surface area contributed by atoms with Crippen molar-refractivity contribution in [2.24, 2.45) is 11.8 Å². The lowest BCUT2D eigenvalue weighted by Crippen LogP contribution is -2.48. The van der Waals surface area contributed by atoms with E-state index in [4.69, 9.17) is 14.2 Å². The van der Waals surface area contributed by atoms with E-state index in [1.165, 1.54) is 31.4 Å². The van der Waals surface area contributed by atoms with Crippen molar-refractivity contribution in [3.63, 3.8) is 0 Å². The van der Waals surface area contributed by atoms with E-state index >= 15 is 0 Å². The van der Waals surface area contributed by atoms with Crippen molar-refractivity contribution in [2.75, 3.05) is 13.7 Å². The lowest BCUT2D eigenvalue weighted by Gasteiger charge is -2.45. The van der Waals surface area contributed by atoms with Gasteiger partial charge in [0, 0.05) is 23.8 Å². The van der Waals surface area contributed by atoms with E-state index in [0.717, 1.165) is 32.7 Å². The molecule has 1 saturated heterocycles. The molecule has 1 heterocycles. The van der Waals surface area contributed by atoms with Gasteiger partial charge in [-0.3, -0.25) is 19.3 Å². The Balaban J connectivity index is 1.01. The molecule has 0 spiro atoms. The number of amides is 2. The molecule has 0 aromatic heterocycles. The van der Waals surface area contributed by atoms with Crippen LogP contribution in [0, 0.1) is 11.8 Å². The average molecular weight is 692 g/mol. The van der Waals surface area contributed by atoms with Crippen LogP contribution in [0.2, 0.25) is 0 Å². The first-order chi connectivity index (χ1) is 25.3. The smallest absolute Gasteiger partial charge is 0.343 e. The van der Waals surface area contributed by atoms with Crippen molar-refractivity contribution in [3.05, 3.63) is 166 Å². The van der Waals surface area contributed by atoms with Crippen LogP contribution in [0.1, 0.15) is 60.4 Å². The van der Waals surface area contributed by atoms with Gasteiger partial charge in [0.2, 0.25) is 11.8 Å². The number of imide groups is 1. The lowest BCUT2D eigenvalue weighted by atomic mass is 9.55. The van der Waals surface area contributed by atoms with Crippen molar-refractivity contribution in [2.45, 2.75) is 24.3 Å². The highest BCUT2D eigenvalue weighted by Gasteiger charge is 2.63. The van der Waals surface area contributed by atoms with Crippen LogP contribution in [-0.2, 0) is 25.5 Å². The predicted molar refractivity (Wildman–Crippen MR) is 189 cm³/mol. The van der Waals surface area contributed by atoms with Gasteiger partial charge in [-0.1, -0.05) is 84.9 Å². The van der Waals surface area contributed by atoms with Gasteiger partial charge in [-0.2, -0.15) is 0 Å². The molecule has 2 bridgehead atoms. The fourth-order valence-electron chi connectivity index (χ4n) is 8.07. The molecule has 0 saturated carbocycles. The molecule has 9 nitrogen and oxygen atoms in total. The third-order valence-electron chi connectivity index (χ3n) is 10.4. The molecule has 5 aromatic rings. The van der Waals surface area contributed by atoms with Crippen molar-refractivity contribution in [3.8, 4) is 11.5 Å². The highest BCUT2D eigenvalue weighted by molar-refractivity contribution is 6.10. The molecule has 9 rings (SSSR count). The Bertz CT molecular complexity index is 2110. The largest absolute Gasteiger partial charge is 0.497 e. The van der Waals surface area contributed by atoms with Crippen LogP contribution in [0.5, 0.6) is 11.5 Å². The number of hydrogen-bond acceptors (Lipinski definition) is 8. The molecule has 52 heavy (non-hydrogen) atoms. The molecule has 4 aliphatic rings. The monoisotopic (exact) mass is 691 g/mol. The molecule has 3 aliphatic carbocycles. The zero-order valence-electron chi connectivity index (χ0n) is 28.1. The van der Waals surface area contributed by atoms with Crippen LogP contribution >= 0.6 is 0 Å². The minimum Gasteiger partial charge on any atom is -0.497 e. The number of nitrogens with zero attached hydrogens (tertiary/aromatic N) is 1. The maximum absolute atomic E-state index is 14.5. The van der Waals surface area contributed by atoms with E-state index < -0.39 is 54.0 Å². The summed E-state index contributed by atoms with van der Waals surface area (Å²) in [4.78, 5) is 69.8. The van der Waals surface area contributed by atoms with E-state index in [2.05, 4.69) is 0 Å². The van der Waals surface area contributed by atoms with Gasteiger partial charge in [0.1, 0.15) is 17.5 Å². The van der Waals surface area contributed by atoms with E-state index in [9.17, 15) is 24.0 Å². The highest BCUT2D eigenvalue weighted by atomic mass is 16.5. The first kappa shape index (κ1) is 32.8. The number of ether oxygens (including phenoxy) is 3. The number of carbonyl (C=O) groups excluding carboxylic acids is 5. The number of Topliss-reactive ketones (excluding diaryl/α,β-unsaturated/α-hetero) is 1. The Morgan fingerprint density at radius 1 is 0.635 bits per heavy atom. The van der Waals surface area contributed by atoms with E-state index in [0.29, 0.717) is 11.3 Å². The number of esters is 2. The van der Waals surface area contributed by atoms with Crippen LogP contribution in [0.15, 0.2) is 127 Å². The first-order valence-electron chi connectivity index (χ1n) is 17.1. The standard InChI is InChI=1S/C43H33NO8/c1-50-29-13-9-12-27(23-29)42(48)52-28-20-18-26(19-21-28)35(45)24-51-43(49)34(22-25-10-3-2-4-11-25)44-40(46)38-36-30-14-5-6-15-31(30)37(39(38)41(44)47)33-17-8-7-16-32(33)36/h2-21,23,34,36-39H,22,24H2,1H3. The van der Waals surface area contributed by atoms with Crippen molar-refractivity contribution >= 4 is 29.5 Å². The van der Waals surface area contributed by atoms with Crippen LogP contribution < -0.4 is 9.47 Å². The number of hydrogen-bond donors (Lipinski definition) is 0. The van der Waals surface area contributed by atoms with Crippen LogP contribution in [0.4, 0.5) is 0 Å². The van der Waals surface area contributed by atoms with Gasteiger partial charge in [-0.15, -0.1) is 0 Å². The number of methoxy groups -OCH3 is 1. The maximum atomic E-state index is 14.5. The normalized spacial score (nSPS) is 20.0. The van der Waals surface area contributed by atoms with Crippen LogP contribution in [0.3, 0.4) is 0 Å². The molecule has 1 fully saturated rings. The second-order valence-electron chi connectivity index (χ2n) is 13.2. The Morgan fingerprint density at radius 2 is 1.19 bits per heavy atom. The fraction of sp³-hybridized carbons (Fsp3) is 0.186. The Hall–Kier alpha value is -6.35. The van der Waals surface area contributed by atoms with Crippen molar-refractivity contribution < 1.29 is 38.2 Å². The third-order valence-corrected chi connectivity index (χ3v) is 10.4. The van der Waals surface area contributed by atoms with Gasteiger partial charge >= 0.3 is 11.9 Å². The second kappa shape index (κ2) is 13.4. The summed E-state index contributed by atoms with van der Waals surface area (Å²) in [6, 6.07) is 36.2. The fourth-order valence-corrected chi connectivity index (χ4v) is 8.07. The molecule has 258 valence electrons. The Morgan fingerprint density at radius 3 is 1.75 bits per heavy atom. The zero-order valence-corrected chi connectivity index (χ0v) is 28.1. The summed E-state index contributed by atoms with van der Waals surface area (Å²) in [7, 11) is 1.50. The molecule has 2 amide bonds. The molecule has 0 N–H and O–H groups in total. The maximum Gasteiger partial charge on any atom is 0.343 e. The average Bonchev–Trinajstić information content (AvgIpc) is 3.45. The van der Waals surface area contributed by atoms with E-state index in [-0.39, 0.29) is 29.6 Å². The Labute approximate surface area is 299 Å². The summed E-state index contributed by atoms with van der Waals surface area (Å²) in [5.41, 5.74) is 5.38. The van der Waals surface area contributed by atoms with E-state index in [1.54, 1.807) is 24.3 Å². The van der Waals surface area contributed by atoms with Gasteiger partial charge in [0.15, 0.2) is 12.4 Å². The first-order valence-corrected chi connectivity index (χ1v) is 17.1. The summed E-state index contributed by atoms with van der Waals surface area (Å²) in [5.74, 6) is -3.99.